The lowest BCUT2D eigenvalue weighted by molar-refractivity contribution is -0.123. The van der Waals surface area contributed by atoms with Gasteiger partial charge in [0.25, 0.3) is 0 Å². The number of hydrogen-bond donors (Lipinski definition) is 1. The molecule has 0 radical (unpaired) electrons. The van der Waals surface area contributed by atoms with Gasteiger partial charge in [-0.25, -0.2) is 0 Å². The summed E-state index contributed by atoms with van der Waals surface area (Å²) in [5, 5.41) is 9.53. The van der Waals surface area contributed by atoms with Gasteiger partial charge in [-0.15, -0.1) is 0 Å². The summed E-state index contributed by atoms with van der Waals surface area (Å²) >= 11 is 0. The monoisotopic (exact) mass is 327 g/mol. The maximum atomic E-state index is 13.2. The zero-order valence-electron chi connectivity index (χ0n) is 13.9. The summed E-state index contributed by atoms with van der Waals surface area (Å²) in [7, 11) is 1.75. The number of ether oxygens (including phenoxy) is 2. The Morgan fingerprint density at radius 2 is 1.88 bits per heavy atom. The minimum atomic E-state index is -0.861. The third kappa shape index (κ3) is 2.83. The number of nitrogens with zero attached hydrogens (tertiary/aromatic N) is 1. The summed E-state index contributed by atoms with van der Waals surface area (Å²) in [4.78, 5) is 14.8. The van der Waals surface area contributed by atoms with Crippen LogP contribution in [0.1, 0.15) is 18.9 Å². The van der Waals surface area contributed by atoms with Crippen LogP contribution in [0, 0.1) is 0 Å². The number of aliphatic hydroxyl groups excluding tert-OH is 1. The third-order valence-electron chi connectivity index (χ3n) is 4.54. The number of fused-ring (bicyclic) bond motifs is 1. The van der Waals surface area contributed by atoms with E-state index in [0.29, 0.717) is 17.9 Å². The molecule has 0 spiro atoms. The molecule has 1 aliphatic heterocycles. The molecule has 5 nitrogen and oxygen atoms in total. The zero-order valence-corrected chi connectivity index (χ0v) is 13.9. The van der Waals surface area contributed by atoms with Gasteiger partial charge >= 0.3 is 0 Å². The molecule has 1 aliphatic rings. The predicted molar refractivity (Wildman–Crippen MR) is 91.5 cm³/mol. The summed E-state index contributed by atoms with van der Waals surface area (Å²) in [6, 6.07) is 15.0. The van der Waals surface area contributed by atoms with E-state index in [1.54, 1.807) is 11.9 Å². The van der Waals surface area contributed by atoms with Crippen LogP contribution in [0.15, 0.2) is 48.5 Å². The molecule has 1 amide bonds. The van der Waals surface area contributed by atoms with Gasteiger partial charge in [0, 0.05) is 19.3 Å². The number of benzene rings is 2. The predicted octanol–water partition coefficient (Wildman–Crippen LogP) is 2.72. The van der Waals surface area contributed by atoms with Gasteiger partial charge in [0.15, 0.2) is 11.5 Å². The second-order valence-corrected chi connectivity index (χ2v) is 6.07. The number of carbonyl (C=O) groups excluding carboxylic acids is 1. The maximum Gasteiger partial charge on any atom is 0.237 e. The van der Waals surface area contributed by atoms with Crippen molar-refractivity contribution in [1.29, 1.82) is 0 Å². The van der Waals surface area contributed by atoms with Crippen LogP contribution < -0.4 is 14.4 Å². The number of amides is 1. The Balaban J connectivity index is 1.97. The first-order chi connectivity index (χ1) is 11.6. The van der Waals surface area contributed by atoms with E-state index in [4.69, 9.17) is 9.47 Å². The van der Waals surface area contributed by atoms with E-state index in [2.05, 4.69) is 0 Å². The molecule has 0 aliphatic carbocycles. The first kappa shape index (κ1) is 16.3. The molecule has 0 saturated heterocycles. The van der Waals surface area contributed by atoms with Crippen molar-refractivity contribution >= 4 is 11.6 Å². The standard InChI is InChI=1S/C19H21NO4/c1-19(10-11-21,14-8-9-16-17(12-14)24-13-23-16)18(22)20(2)15-6-4-3-5-7-15/h3-9,12,21H,10-11,13H2,1-2H3. The van der Waals surface area contributed by atoms with Crippen LogP contribution in [-0.2, 0) is 10.2 Å². The molecule has 2 aromatic carbocycles. The van der Waals surface area contributed by atoms with Crippen molar-refractivity contribution in [3.05, 3.63) is 54.1 Å². The van der Waals surface area contributed by atoms with Crippen LogP contribution in [0.4, 0.5) is 5.69 Å². The number of rotatable bonds is 5. The Morgan fingerprint density at radius 3 is 2.58 bits per heavy atom. The SMILES string of the molecule is CN(C(=O)C(C)(CCO)c1ccc2c(c1)OCO2)c1ccccc1. The van der Waals surface area contributed by atoms with Gasteiger partial charge in [-0.3, -0.25) is 4.79 Å². The molecular weight excluding hydrogens is 306 g/mol. The fourth-order valence-electron chi connectivity index (χ4n) is 2.98. The number of anilines is 1. The van der Waals surface area contributed by atoms with Crippen LogP contribution in [0.3, 0.4) is 0 Å². The highest BCUT2D eigenvalue weighted by atomic mass is 16.7. The Labute approximate surface area is 141 Å². The van der Waals surface area contributed by atoms with Crippen molar-refractivity contribution in [2.24, 2.45) is 0 Å². The van der Waals surface area contributed by atoms with Crippen molar-refractivity contribution < 1.29 is 19.4 Å². The lowest BCUT2D eigenvalue weighted by Crippen LogP contribution is -2.44. The first-order valence-electron chi connectivity index (χ1n) is 7.90. The lowest BCUT2D eigenvalue weighted by atomic mass is 9.78. The largest absolute Gasteiger partial charge is 0.454 e. The molecule has 3 rings (SSSR count). The number of likely N-dealkylation sites (N-methyl/N-ethyl adjacent to an activating group) is 1. The molecule has 0 saturated carbocycles. The molecule has 0 bridgehead atoms. The average molecular weight is 327 g/mol. The molecule has 1 atom stereocenters. The number of hydrogen-bond acceptors (Lipinski definition) is 4. The van der Waals surface area contributed by atoms with E-state index < -0.39 is 5.41 Å². The fraction of sp³-hybridized carbons (Fsp3) is 0.316. The Morgan fingerprint density at radius 1 is 1.17 bits per heavy atom. The molecule has 2 aromatic rings. The number of para-hydroxylation sites is 1. The summed E-state index contributed by atoms with van der Waals surface area (Å²) in [6.45, 7) is 1.95. The van der Waals surface area contributed by atoms with E-state index in [-0.39, 0.29) is 19.3 Å². The number of carbonyl (C=O) groups is 1. The molecular formula is C19H21NO4. The van der Waals surface area contributed by atoms with E-state index in [1.807, 2.05) is 55.5 Å². The molecule has 0 aromatic heterocycles. The molecule has 1 heterocycles. The Bertz CT molecular complexity index is 731. The van der Waals surface area contributed by atoms with E-state index in [1.165, 1.54) is 0 Å². The fourth-order valence-corrected chi connectivity index (χ4v) is 2.98. The van der Waals surface area contributed by atoms with Crippen molar-refractivity contribution in [2.45, 2.75) is 18.8 Å². The summed E-state index contributed by atoms with van der Waals surface area (Å²) in [5.41, 5.74) is 0.751. The van der Waals surface area contributed by atoms with E-state index in [9.17, 15) is 9.90 Å². The second kappa shape index (κ2) is 6.53. The van der Waals surface area contributed by atoms with Crippen LogP contribution in [0.2, 0.25) is 0 Å². The van der Waals surface area contributed by atoms with Gasteiger partial charge in [0.1, 0.15) is 0 Å². The highest BCUT2D eigenvalue weighted by molar-refractivity contribution is 6.00. The molecule has 1 unspecified atom stereocenters. The van der Waals surface area contributed by atoms with Crippen molar-refractivity contribution in [3.8, 4) is 11.5 Å². The van der Waals surface area contributed by atoms with Crippen molar-refractivity contribution in [2.75, 3.05) is 25.3 Å². The van der Waals surface area contributed by atoms with Crippen LogP contribution >= 0.6 is 0 Å². The van der Waals surface area contributed by atoms with E-state index in [0.717, 1.165) is 11.3 Å². The highest BCUT2D eigenvalue weighted by Crippen LogP contribution is 2.39. The van der Waals surface area contributed by atoms with Crippen LogP contribution in [0.5, 0.6) is 11.5 Å². The van der Waals surface area contributed by atoms with Gasteiger partial charge in [0.05, 0.1) is 5.41 Å². The second-order valence-electron chi connectivity index (χ2n) is 6.07. The summed E-state index contributed by atoms with van der Waals surface area (Å²) < 4.78 is 10.8. The van der Waals surface area contributed by atoms with Gasteiger partial charge in [-0.05, 0) is 43.2 Å². The maximum absolute atomic E-state index is 13.2. The van der Waals surface area contributed by atoms with Crippen molar-refractivity contribution in [3.63, 3.8) is 0 Å². The smallest absolute Gasteiger partial charge is 0.237 e. The summed E-state index contributed by atoms with van der Waals surface area (Å²) in [5.74, 6) is 1.22. The topological polar surface area (TPSA) is 59.0 Å². The van der Waals surface area contributed by atoms with Crippen LogP contribution in [0.25, 0.3) is 0 Å². The van der Waals surface area contributed by atoms with Gasteiger partial charge in [-0.1, -0.05) is 24.3 Å². The quantitative estimate of drug-likeness (QED) is 0.917. The molecule has 5 heteroatoms. The minimum Gasteiger partial charge on any atom is -0.454 e. The minimum absolute atomic E-state index is 0.0818. The molecule has 126 valence electrons. The van der Waals surface area contributed by atoms with Crippen molar-refractivity contribution in [1.82, 2.24) is 0 Å². The normalized spacial score (nSPS) is 15.0. The number of aliphatic hydroxyl groups is 1. The van der Waals surface area contributed by atoms with E-state index >= 15 is 0 Å². The first-order valence-corrected chi connectivity index (χ1v) is 7.90. The Kier molecular flexibility index (Phi) is 4.44. The summed E-state index contributed by atoms with van der Waals surface area (Å²) in [6.07, 6.45) is 0.322. The third-order valence-corrected chi connectivity index (χ3v) is 4.54. The molecule has 24 heavy (non-hydrogen) atoms. The Hall–Kier alpha value is -2.53. The van der Waals surface area contributed by atoms with Gasteiger partial charge < -0.3 is 19.5 Å². The average Bonchev–Trinajstić information content (AvgIpc) is 3.09. The lowest BCUT2D eigenvalue weighted by Gasteiger charge is -2.33. The molecule has 0 fully saturated rings. The highest BCUT2D eigenvalue weighted by Gasteiger charge is 2.38. The van der Waals surface area contributed by atoms with Gasteiger partial charge in [0.2, 0.25) is 12.7 Å². The zero-order chi connectivity index (χ0) is 17.2. The molecule has 1 N–H and O–H groups in total. The van der Waals surface area contributed by atoms with Gasteiger partial charge in [-0.2, -0.15) is 0 Å². The van der Waals surface area contributed by atoms with Crippen LogP contribution in [-0.4, -0.2) is 31.5 Å².